The number of hydrogen-bond acceptors (Lipinski definition) is 1. The quantitative estimate of drug-likeness (QED) is 0.525. The maximum Gasteiger partial charge on any atom is 0.0254 e. The monoisotopic (exact) mass is 113 g/mol. The fourth-order valence-corrected chi connectivity index (χ4v) is 1.10. The van der Waals surface area contributed by atoms with Gasteiger partial charge >= 0.3 is 0 Å². The van der Waals surface area contributed by atoms with Crippen molar-refractivity contribution in [2.45, 2.75) is 25.3 Å². The zero-order chi connectivity index (χ0) is 5.82. The second-order valence-electron chi connectivity index (χ2n) is 2.35. The third kappa shape index (κ3) is 1.46. The van der Waals surface area contributed by atoms with Gasteiger partial charge in [0.1, 0.15) is 0 Å². The van der Waals surface area contributed by atoms with Crippen LogP contribution >= 0.6 is 0 Å². The highest BCUT2D eigenvalue weighted by Gasteiger charge is 2.08. The number of hydrogen-bond donors (Lipinski definition) is 1. The first kappa shape index (κ1) is 6.05. The molecule has 0 aliphatic carbocycles. The van der Waals surface area contributed by atoms with Crippen LogP contribution in [-0.4, -0.2) is 19.1 Å². The lowest BCUT2D eigenvalue weighted by atomic mass is 10.1. The SMILES string of the molecule is [NH]CC1CCCCN1. The van der Waals surface area contributed by atoms with E-state index < -0.39 is 0 Å². The van der Waals surface area contributed by atoms with Crippen molar-refractivity contribution >= 4 is 0 Å². The highest BCUT2D eigenvalue weighted by molar-refractivity contribution is 4.71. The molecule has 1 radical (unpaired) electrons. The second-order valence-corrected chi connectivity index (χ2v) is 2.35. The van der Waals surface area contributed by atoms with Crippen LogP contribution in [0.4, 0.5) is 0 Å². The predicted octanol–water partition coefficient (Wildman–Crippen LogP) is 0.411. The van der Waals surface area contributed by atoms with E-state index in [2.05, 4.69) is 5.32 Å². The van der Waals surface area contributed by atoms with E-state index in [1.165, 1.54) is 19.3 Å². The van der Waals surface area contributed by atoms with Gasteiger partial charge in [-0.3, -0.25) is 5.73 Å². The molecule has 0 spiro atoms. The molecule has 1 unspecified atom stereocenters. The minimum Gasteiger partial charge on any atom is -0.313 e. The van der Waals surface area contributed by atoms with Crippen LogP contribution in [0.3, 0.4) is 0 Å². The summed E-state index contributed by atoms with van der Waals surface area (Å²) in [7, 11) is 0. The number of nitrogens with one attached hydrogen (secondary N) is 2. The third-order valence-electron chi connectivity index (χ3n) is 1.66. The van der Waals surface area contributed by atoms with E-state index in [1.54, 1.807) is 0 Å². The topological polar surface area (TPSA) is 35.8 Å². The first-order valence-corrected chi connectivity index (χ1v) is 3.31. The highest BCUT2D eigenvalue weighted by atomic mass is 14.9. The number of piperidine rings is 1. The van der Waals surface area contributed by atoms with Gasteiger partial charge in [0.15, 0.2) is 0 Å². The first-order valence-electron chi connectivity index (χ1n) is 3.31. The Bertz CT molecular complexity index is 57.5. The van der Waals surface area contributed by atoms with E-state index in [0.29, 0.717) is 12.6 Å². The second kappa shape index (κ2) is 3.05. The van der Waals surface area contributed by atoms with Gasteiger partial charge in [-0.1, -0.05) is 6.42 Å². The molecule has 1 heterocycles. The van der Waals surface area contributed by atoms with Crippen LogP contribution in [0, 0.1) is 0 Å². The summed E-state index contributed by atoms with van der Waals surface area (Å²) in [4.78, 5) is 0. The average Bonchev–Trinajstić information content (AvgIpc) is 1.90. The molecule has 1 fully saturated rings. The van der Waals surface area contributed by atoms with Crippen molar-refractivity contribution in [3.63, 3.8) is 0 Å². The van der Waals surface area contributed by atoms with Crippen LogP contribution < -0.4 is 11.1 Å². The standard InChI is InChI=1S/C6H13N2/c7-5-6-3-1-2-4-8-6/h6-8H,1-5H2. The van der Waals surface area contributed by atoms with E-state index in [9.17, 15) is 0 Å². The van der Waals surface area contributed by atoms with E-state index >= 15 is 0 Å². The summed E-state index contributed by atoms with van der Waals surface area (Å²) in [5, 5.41) is 3.28. The summed E-state index contributed by atoms with van der Waals surface area (Å²) in [5.41, 5.74) is 7.03. The molecule has 1 saturated heterocycles. The van der Waals surface area contributed by atoms with Crippen molar-refractivity contribution in [1.29, 1.82) is 0 Å². The van der Waals surface area contributed by atoms with Crippen LogP contribution in [0.1, 0.15) is 19.3 Å². The predicted molar refractivity (Wildman–Crippen MR) is 33.6 cm³/mol. The Labute approximate surface area is 50.4 Å². The molecule has 1 aliphatic rings. The molecule has 0 bridgehead atoms. The zero-order valence-electron chi connectivity index (χ0n) is 5.11. The Kier molecular flexibility index (Phi) is 2.30. The summed E-state index contributed by atoms with van der Waals surface area (Å²) in [5.74, 6) is 0. The first-order chi connectivity index (χ1) is 3.93. The maximum absolute atomic E-state index is 7.03. The Balaban J connectivity index is 2.13. The van der Waals surface area contributed by atoms with Crippen LogP contribution in [0.15, 0.2) is 0 Å². The Morgan fingerprint density at radius 2 is 2.38 bits per heavy atom. The molecule has 2 nitrogen and oxygen atoms in total. The fraction of sp³-hybridized carbons (Fsp3) is 1.00. The molecular weight excluding hydrogens is 100 g/mol. The van der Waals surface area contributed by atoms with E-state index in [-0.39, 0.29) is 0 Å². The lowest BCUT2D eigenvalue weighted by Crippen LogP contribution is -2.37. The van der Waals surface area contributed by atoms with Crippen LogP contribution in [0.25, 0.3) is 0 Å². The molecule has 0 saturated carbocycles. The van der Waals surface area contributed by atoms with Gasteiger partial charge in [-0.15, -0.1) is 0 Å². The minimum atomic E-state index is 0.503. The van der Waals surface area contributed by atoms with Gasteiger partial charge in [-0.25, -0.2) is 0 Å². The van der Waals surface area contributed by atoms with Crippen molar-refractivity contribution in [2.75, 3.05) is 13.1 Å². The summed E-state index contributed by atoms with van der Waals surface area (Å²) >= 11 is 0. The van der Waals surface area contributed by atoms with E-state index in [1.807, 2.05) is 0 Å². The van der Waals surface area contributed by atoms with Crippen molar-refractivity contribution < 1.29 is 0 Å². The van der Waals surface area contributed by atoms with Gasteiger partial charge in [0, 0.05) is 12.6 Å². The number of rotatable bonds is 1. The van der Waals surface area contributed by atoms with Crippen LogP contribution in [-0.2, 0) is 0 Å². The van der Waals surface area contributed by atoms with Crippen molar-refractivity contribution in [2.24, 2.45) is 0 Å². The fourth-order valence-electron chi connectivity index (χ4n) is 1.10. The highest BCUT2D eigenvalue weighted by Crippen LogP contribution is 2.04. The maximum atomic E-state index is 7.03. The Morgan fingerprint density at radius 1 is 1.50 bits per heavy atom. The minimum absolute atomic E-state index is 0.503. The summed E-state index contributed by atoms with van der Waals surface area (Å²) in [6.07, 6.45) is 3.83. The lowest BCUT2D eigenvalue weighted by Gasteiger charge is -2.20. The van der Waals surface area contributed by atoms with E-state index in [0.717, 1.165) is 6.54 Å². The largest absolute Gasteiger partial charge is 0.313 e. The molecule has 0 aromatic rings. The van der Waals surface area contributed by atoms with Crippen LogP contribution in [0.2, 0.25) is 0 Å². The van der Waals surface area contributed by atoms with Crippen molar-refractivity contribution in [1.82, 2.24) is 11.1 Å². The van der Waals surface area contributed by atoms with Gasteiger partial charge < -0.3 is 5.32 Å². The normalized spacial score (nSPS) is 30.4. The van der Waals surface area contributed by atoms with Gasteiger partial charge in [0.25, 0.3) is 0 Å². The van der Waals surface area contributed by atoms with Gasteiger partial charge in [0.05, 0.1) is 0 Å². The molecule has 0 aromatic carbocycles. The summed E-state index contributed by atoms with van der Waals surface area (Å²) in [6, 6.07) is 0.503. The molecule has 1 rings (SSSR count). The smallest absolute Gasteiger partial charge is 0.0254 e. The zero-order valence-corrected chi connectivity index (χ0v) is 5.11. The summed E-state index contributed by atoms with van der Waals surface area (Å²) < 4.78 is 0. The summed E-state index contributed by atoms with van der Waals surface area (Å²) in [6.45, 7) is 1.68. The molecule has 0 aromatic heterocycles. The van der Waals surface area contributed by atoms with Gasteiger partial charge in [-0.05, 0) is 19.4 Å². The van der Waals surface area contributed by atoms with Gasteiger partial charge in [0.2, 0.25) is 0 Å². The average molecular weight is 113 g/mol. The Hall–Kier alpha value is -0.0800. The van der Waals surface area contributed by atoms with E-state index in [4.69, 9.17) is 5.73 Å². The molecule has 8 heavy (non-hydrogen) atoms. The molecule has 47 valence electrons. The van der Waals surface area contributed by atoms with Crippen LogP contribution in [0.5, 0.6) is 0 Å². The van der Waals surface area contributed by atoms with Gasteiger partial charge in [-0.2, -0.15) is 0 Å². The lowest BCUT2D eigenvalue weighted by molar-refractivity contribution is 0.405. The molecule has 2 N–H and O–H groups in total. The third-order valence-corrected chi connectivity index (χ3v) is 1.66. The molecular formula is C6H13N2. The molecule has 1 atom stereocenters. The Morgan fingerprint density at radius 3 is 2.75 bits per heavy atom. The molecule has 2 heteroatoms. The molecule has 0 amide bonds. The van der Waals surface area contributed by atoms with Crippen molar-refractivity contribution in [3.8, 4) is 0 Å². The molecule has 1 aliphatic heterocycles. The van der Waals surface area contributed by atoms with Crippen molar-refractivity contribution in [3.05, 3.63) is 0 Å².